The number of aliphatic imine (C=N–C) groups is 1. The maximum Gasteiger partial charge on any atom is 0.220 e. The molecule has 0 bridgehead atoms. The van der Waals surface area contributed by atoms with E-state index in [2.05, 4.69) is 10.3 Å². The molecule has 1 heterocycles. The van der Waals surface area contributed by atoms with E-state index in [1.54, 1.807) is 11.8 Å². The second-order valence-electron chi connectivity index (χ2n) is 2.32. The summed E-state index contributed by atoms with van der Waals surface area (Å²) < 4.78 is -0.687. The Kier molecular flexibility index (Phi) is 5.20. The number of rotatable bonds is 3. The number of carbonyl (C=O) groups excluding carboxylic acids is 1. The zero-order valence-electron chi connectivity index (χ0n) is 6.87. The Bertz CT molecular complexity index is 244. The molecular weight excluding hydrogens is 287 g/mol. The summed E-state index contributed by atoms with van der Waals surface area (Å²) in [5, 5.41) is 1.84. The Labute approximate surface area is 105 Å². The van der Waals surface area contributed by atoms with E-state index >= 15 is 0 Å². The van der Waals surface area contributed by atoms with Gasteiger partial charge in [0.05, 0.1) is 6.54 Å². The lowest BCUT2D eigenvalue weighted by atomic mass is 10.7. The molecule has 0 saturated carbocycles. The van der Waals surface area contributed by atoms with Crippen LogP contribution < -0.4 is 5.32 Å². The topological polar surface area (TPSA) is 41.5 Å². The molecule has 0 fully saturated rings. The Hall–Kier alpha value is 0.710. The summed E-state index contributed by atoms with van der Waals surface area (Å²) in [6.07, 6.45) is 0.514. The number of nitrogens with one attached hydrogen (secondary N) is 1. The third-order valence-electron chi connectivity index (χ3n) is 1.29. The van der Waals surface area contributed by atoms with Crippen molar-refractivity contribution < 1.29 is 4.79 Å². The van der Waals surface area contributed by atoms with E-state index in [-0.39, 0.29) is 0 Å². The van der Waals surface area contributed by atoms with Crippen LogP contribution in [0.2, 0.25) is 0 Å². The van der Waals surface area contributed by atoms with Crippen molar-refractivity contribution in [3.8, 4) is 0 Å². The molecule has 1 unspecified atom stereocenters. The second-order valence-corrected chi connectivity index (χ2v) is 7.12. The van der Waals surface area contributed by atoms with Crippen molar-refractivity contribution in [2.75, 3.05) is 12.3 Å². The van der Waals surface area contributed by atoms with Crippen LogP contribution in [-0.4, -0.2) is 32.2 Å². The van der Waals surface area contributed by atoms with Crippen molar-refractivity contribution in [2.24, 2.45) is 4.99 Å². The fourth-order valence-electron chi connectivity index (χ4n) is 0.745. The van der Waals surface area contributed by atoms with Crippen molar-refractivity contribution in [2.45, 2.75) is 9.17 Å². The molecule has 80 valence electrons. The molecule has 0 aromatic carbocycles. The zero-order chi connectivity index (χ0) is 10.6. The van der Waals surface area contributed by atoms with Gasteiger partial charge in [0.2, 0.25) is 10.2 Å². The van der Waals surface area contributed by atoms with Crippen LogP contribution in [0.4, 0.5) is 0 Å². The molecule has 0 aromatic heterocycles. The quantitative estimate of drug-likeness (QED) is 0.493. The molecule has 0 saturated heterocycles. The first kappa shape index (κ1) is 12.8. The van der Waals surface area contributed by atoms with Crippen LogP contribution in [0.1, 0.15) is 0 Å². The van der Waals surface area contributed by atoms with Crippen molar-refractivity contribution in [1.29, 1.82) is 0 Å². The van der Waals surface area contributed by atoms with Gasteiger partial charge >= 0.3 is 0 Å². The normalized spacial score (nSPS) is 18.9. The Morgan fingerprint density at radius 2 is 2.36 bits per heavy atom. The predicted octanol–water partition coefficient (Wildman–Crippen LogP) is 2.26. The second kappa shape index (κ2) is 5.70. The maximum absolute atomic E-state index is 10.3. The fourth-order valence-corrected chi connectivity index (χ4v) is 3.31. The number of nitrogens with zero attached hydrogens (tertiary/aromatic N) is 1. The maximum atomic E-state index is 10.3. The van der Waals surface area contributed by atoms with E-state index in [0.29, 0.717) is 6.41 Å². The molecule has 1 aliphatic heterocycles. The van der Waals surface area contributed by atoms with Gasteiger partial charge in [0.25, 0.3) is 0 Å². The minimum Gasteiger partial charge on any atom is -0.342 e. The third kappa shape index (κ3) is 4.06. The molecular formula is C6H7Cl3N2OS2. The van der Waals surface area contributed by atoms with Gasteiger partial charge in [-0.15, -0.1) is 0 Å². The van der Waals surface area contributed by atoms with Gasteiger partial charge in [0.1, 0.15) is 9.75 Å². The standard InChI is InChI=1S/C6H7Cl3N2OS2/c7-6(8,9)4(11-3-12)14-5-10-1-2-13-5/h3-4H,1-2H2,(H,11,12). The summed E-state index contributed by atoms with van der Waals surface area (Å²) in [4.78, 5) is 14.5. The first-order valence-corrected chi connectivity index (χ1v) is 6.64. The first-order chi connectivity index (χ1) is 6.54. The molecule has 8 heteroatoms. The Morgan fingerprint density at radius 1 is 1.64 bits per heavy atom. The van der Waals surface area contributed by atoms with E-state index in [1.165, 1.54) is 11.8 Å². The fraction of sp³-hybridized carbons (Fsp3) is 0.667. The highest BCUT2D eigenvalue weighted by atomic mass is 35.6. The van der Waals surface area contributed by atoms with E-state index < -0.39 is 9.17 Å². The van der Waals surface area contributed by atoms with E-state index in [4.69, 9.17) is 34.8 Å². The van der Waals surface area contributed by atoms with Gasteiger partial charge in [0, 0.05) is 5.75 Å². The minimum atomic E-state index is -1.53. The van der Waals surface area contributed by atoms with Crippen LogP contribution in [0.25, 0.3) is 0 Å². The number of alkyl halides is 3. The van der Waals surface area contributed by atoms with Crippen molar-refractivity contribution in [1.82, 2.24) is 5.32 Å². The summed E-state index contributed by atoms with van der Waals surface area (Å²) in [7, 11) is 0. The van der Waals surface area contributed by atoms with E-state index in [9.17, 15) is 4.79 Å². The highest BCUT2D eigenvalue weighted by molar-refractivity contribution is 8.39. The van der Waals surface area contributed by atoms with Gasteiger partial charge in [-0.25, -0.2) is 0 Å². The van der Waals surface area contributed by atoms with Crippen molar-refractivity contribution in [3.05, 3.63) is 0 Å². The van der Waals surface area contributed by atoms with Crippen molar-refractivity contribution >= 4 is 69.1 Å². The molecule has 0 radical (unpaired) electrons. The molecule has 0 aliphatic carbocycles. The SMILES string of the molecule is O=CNC(SC1=NCCS1)C(Cl)(Cl)Cl. The molecule has 1 rings (SSSR count). The molecule has 14 heavy (non-hydrogen) atoms. The lowest BCUT2D eigenvalue weighted by molar-refractivity contribution is -0.109. The van der Waals surface area contributed by atoms with Gasteiger partial charge in [-0.1, -0.05) is 58.3 Å². The molecule has 0 spiro atoms. The minimum absolute atomic E-state index is 0.514. The summed E-state index contributed by atoms with van der Waals surface area (Å²) in [5.41, 5.74) is 0. The summed E-state index contributed by atoms with van der Waals surface area (Å²) in [5.74, 6) is 0.940. The van der Waals surface area contributed by atoms with Crippen LogP contribution in [0, 0.1) is 0 Å². The van der Waals surface area contributed by atoms with Gasteiger partial charge in [0.15, 0.2) is 0 Å². The van der Waals surface area contributed by atoms with Crippen LogP contribution in [-0.2, 0) is 4.79 Å². The highest BCUT2D eigenvalue weighted by Crippen LogP contribution is 2.38. The summed E-state index contributed by atoms with van der Waals surface area (Å²) in [6.45, 7) is 0.778. The molecule has 1 aliphatic rings. The average molecular weight is 294 g/mol. The van der Waals surface area contributed by atoms with Crippen LogP contribution >= 0.6 is 58.3 Å². The zero-order valence-corrected chi connectivity index (χ0v) is 10.8. The number of hydrogen-bond acceptors (Lipinski definition) is 4. The van der Waals surface area contributed by atoms with E-state index in [1.807, 2.05) is 0 Å². The van der Waals surface area contributed by atoms with Crippen LogP contribution in [0.3, 0.4) is 0 Å². The molecule has 1 amide bonds. The molecule has 3 nitrogen and oxygen atoms in total. The summed E-state index contributed by atoms with van der Waals surface area (Å²) >= 11 is 19.9. The van der Waals surface area contributed by atoms with Crippen LogP contribution in [0.15, 0.2) is 4.99 Å². The lowest BCUT2D eigenvalue weighted by Gasteiger charge is -2.22. The van der Waals surface area contributed by atoms with E-state index in [0.717, 1.165) is 16.7 Å². The molecule has 1 atom stereocenters. The average Bonchev–Trinajstić information content (AvgIpc) is 2.54. The number of carbonyl (C=O) groups is 1. The number of amides is 1. The van der Waals surface area contributed by atoms with Gasteiger partial charge in [-0.2, -0.15) is 0 Å². The Morgan fingerprint density at radius 3 is 2.79 bits per heavy atom. The monoisotopic (exact) mass is 292 g/mol. The largest absolute Gasteiger partial charge is 0.342 e. The number of thioether (sulfide) groups is 2. The third-order valence-corrected chi connectivity index (χ3v) is 4.80. The van der Waals surface area contributed by atoms with Crippen molar-refractivity contribution in [3.63, 3.8) is 0 Å². The Balaban J connectivity index is 2.54. The highest BCUT2D eigenvalue weighted by Gasteiger charge is 2.34. The predicted molar refractivity (Wildman–Crippen MR) is 65.6 cm³/mol. The van der Waals surface area contributed by atoms with Crippen LogP contribution in [0.5, 0.6) is 0 Å². The molecule has 1 N–H and O–H groups in total. The lowest BCUT2D eigenvalue weighted by Crippen LogP contribution is -2.37. The number of hydrogen-bond donors (Lipinski definition) is 1. The summed E-state index contributed by atoms with van der Waals surface area (Å²) in [6, 6.07) is 0. The van der Waals surface area contributed by atoms with Gasteiger partial charge in [-0.05, 0) is 0 Å². The number of halogens is 3. The first-order valence-electron chi connectivity index (χ1n) is 3.64. The van der Waals surface area contributed by atoms with Gasteiger partial charge < -0.3 is 5.32 Å². The smallest absolute Gasteiger partial charge is 0.220 e. The molecule has 0 aromatic rings. The van der Waals surface area contributed by atoms with Gasteiger partial charge in [-0.3, -0.25) is 9.79 Å².